The molecule has 5 rings (SSSR count). The second-order valence-electron chi connectivity index (χ2n) is 7.87. The van der Waals surface area contributed by atoms with Crippen LogP contribution >= 0.6 is 0 Å². The van der Waals surface area contributed by atoms with Crippen LogP contribution in [0.25, 0.3) is 21.5 Å². The Bertz CT molecular complexity index is 1770. The largest absolute Gasteiger partial charge is 0.283 e. The van der Waals surface area contributed by atoms with Gasteiger partial charge in [-0.3, -0.25) is 0 Å². The highest BCUT2D eigenvalue weighted by Crippen LogP contribution is 2.31. The maximum atomic E-state index is 13.5. The summed E-state index contributed by atoms with van der Waals surface area (Å²) in [5, 5.41) is 7.52. The van der Waals surface area contributed by atoms with Crippen LogP contribution in [0.1, 0.15) is 11.4 Å². The lowest BCUT2D eigenvalue weighted by Crippen LogP contribution is -2.16. The molecule has 0 aliphatic rings. The van der Waals surface area contributed by atoms with Crippen molar-refractivity contribution in [1.29, 1.82) is 0 Å². The highest BCUT2D eigenvalue weighted by atomic mass is 32.2. The first-order chi connectivity index (χ1) is 15.7. The van der Waals surface area contributed by atoms with Crippen molar-refractivity contribution in [2.45, 2.75) is 28.5 Å². The summed E-state index contributed by atoms with van der Waals surface area (Å²) >= 11 is 0. The summed E-state index contributed by atoms with van der Waals surface area (Å²) in [4.78, 5) is 0.0404. The van der Waals surface area contributed by atoms with Gasteiger partial charge in [-0.15, -0.1) is 0 Å². The van der Waals surface area contributed by atoms with E-state index in [9.17, 15) is 16.8 Å². The van der Waals surface area contributed by atoms with Crippen LogP contribution in [-0.2, 0) is 19.9 Å². The molecule has 0 bridgehead atoms. The summed E-state index contributed by atoms with van der Waals surface area (Å²) in [6.07, 6.45) is 0. The molecule has 4 aromatic carbocycles. The number of sulfone groups is 1. The van der Waals surface area contributed by atoms with Crippen LogP contribution in [0, 0.1) is 13.8 Å². The van der Waals surface area contributed by atoms with E-state index >= 15 is 0 Å². The van der Waals surface area contributed by atoms with Gasteiger partial charge in [0.2, 0.25) is 9.84 Å². The number of fused-ring (bicyclic) bond motifs is 2. The Hall–Kier alpha value is -3.49. The van der Waals surface area contributed by atoms with Crippen molar-refractivity contribution in [3.05, 3.63) is 96.3 Å². The summed E-state index contributed by atoms with van der Waals surface area (Å²) < 4.78 is 54.7. The molecule has 8 heteroatoms. The van der Waals surface area contributed by atoms with Gasteiger partial charge in [0.25, 0.3) is 10.0 Å². The molecule has 0 unspecified atom stereocenters. The molecule has 0 amide bonds. The SMILES string of the molecule is Cc1nn(S(=O)(=O)c2ccc3ccccc3c2)c(C)c1S(=O)(=O)c1ccc2ccccc2c1. The number of benzene rings is 4. The summed E-state index contributed by atoms with van der Waals surface area (Å²) in [6, 6.07) is 24.5. The zero-order valence-corrected chi connectivity index (χ0v) is 19.6. The number of hydrogen-bond donors (Lipinski definition) is 0. The molecule has 1 aromatic heterocycles. The number of hydrogen-bond acceptors (Lipinski definition) is 5. The van der Waals surface area contributed by atoms with Crippen LogP contribution < -0.4 is 0 Å². The number of rotatable bonds is 4. The fourth-order valence-corrected chi connectivity index (χ4v) is 7.23. The molecule has 0 spiro atoms. The van der Waals surface area contributed by atoms with E-state index in [-0.39, 0.29) is 26.1 Å². The summed E-state index contributed by atoms with van der Waals surface area (Å²) in [5.41, 5.74) is 0.179. The van der Waals surface area contributed by atoms with Crippen LogP contribution in [0.4, 0.5) is 0 Å². The molecule has 0 aliphatic heterocycles. The van der Waals surface area contributed by atoms with Crippen molar-refractivity contribution < 1.29 is 16.8 Å². The van der Waals surface area contributed by atoms with Crippen LogP contribution in [0.5, 0.6) is 0 Å². The maximum absolute atomic E-state index is 13.5. The van der Waals surface area contributed by atoms with E-state index in [4.69, 9.17) is 0 Å². The Kier molecular flexibility index (Phi) is 4.88. The van der Waals surface area contributed by atoms with E-state index in [0.29, 0.717) is 0 Å². The van der Waals surface area contributed by atoms with Gasteiger partial charge in [0.15, 0.2) is 0 Å². The molecule has 0 atom stereocenters. The van der Waals surface area contributed by atoms with Gasteiger partial charge in [-0.05, 0) is 59.7 Å². The minimum Gasteiger partial charge on any atom is -0.218 e. The molecule has 0 aliphatic carbocycles. The van der Waals surface area contributed by atoms with Crippen molar-refractivity contribution in [1.82, 2.24) is 9.19 Å². The van der Waals surface area contributed by atoms with Crippen molar-refractivity contribution >= 4 is 41.4 Å². The minimum absolute atomic E-state index is 0.0430. The predicted molar refractivity (Wildman–Crippen MR) is 128 cm³/mol. The maximum Gasteiger partial charge on any atom is 0.283 e. The Labute approximate surface area is 192 Å². The van der Waals surface area contributed by atoms with Crippen LogP contribution in [0.2, 0.25) is 0 Å². The van der Waals surface area contributed by atoms with Crippen LogP contribution in [0.15, 0.2) is 99.6 Å². The van der Waals surface area contributed by atoms with Gasteiger partial charge in [-0.25, -0.2) is 8.42 Å². The third-order valence-electron chi connectivity index (χ3n) is 5.73. The third kappa shape index (κ3) is 3.42. The Balaban J connectivity index is 1.65. The molecule has 166 valence electrons. The zero-order valence-electron chi connectivity index (χ0n) is 17.9. The molecule has 33 heavy (non-hydrogen) atoms. The fraction of sp³-hybridized carbons (Fsp3) is 0.0800. The molecular formula is C25H20N2O4S2. The Morgan fingerprint density at radius 2 is 1.12 bits per heavy atom. The standard InChI is InChI=1S/C25H20N2O4S2/c1-17-25(32(28,29)23-13-11-19-7-3-5-9-21(19)15-23)18(2)27(26-17)33(30,31)24-14-12-20-8-4-6-10-22(20)16-24/h3-16H,1-2H3. The van der Waals surface area contributed by atoms with E-state index in [2.05, 4.69) is 5.10 Å². The van der Waals surface area contributed by atoms with Gasteiger partial charge < -0.3 is 0 Å². The van der Waals surface area contributed by atoms with Crippen molar-refractivity contribution in [3.63, 3.8) is 0 Å². The van der Waals surface area contributed by atoms with E-state index < -0.39 is 19.9 Å². The zero-order chi connectivity index (χ0) is 23.4. The number of aryl methyl sites for hydroxylation is 1. The first-order valence-corrected chi connectivity index (χ1v) is 13.2. The molecule has 0 radical (unpaired) electrons. The van der Waals surface area contributed by atoms with E-state index in [1.807, 2.05) is 48.5 Å². The molecule has 6 nitrogen and oxygen atoms in total. The Morgan fingerprint density at radius 3 is 1.70 bits per heavy atom. The lowest BCUT2D eigenvalue weighted by molar-refractivity contribution is 0.577. The Morgan fingerprint density at radius 1 is 0.636 bits per heavy atom. The summed E-state index contributed by atoms with van der Waals surface area (Å²) in [6.45, 7) is 2.97. The van der Waals surface area contributed by atoms with Crippen LogP contribution in [0.3, 0.4) is 0 Å². The summed E-state index contributed by atoms with van der Waals surface area (Å²) in [5.74, 6) is 0. The molecule has 0 saturated heterocycles. The van der Waals surface area contributed by atoms with Gasteiger partial charge in [0.05, 0.1) is 21.2 Å². The second kappa shape index (κ2) is 7.54. The monoisotopic (exact) mass is 476 g/mol. The molecular weight excluding hydrogens is 456 g/mol. The van der Waals surface area contributed by atoms with E-state index in [0.717, 1.165) is 25.6 Å². The lowest BCUT2D eigenvalue weighted by atomic mass is 10.1. The van der Waals surface area contributed by atoms with Gasteiger partial charge in [0.1, 0.15) is 4.90 Å². The third-order valence-corrected chi connectivity index (χ3v) is 9.39. The van der Waals surface area contributed by atoms with Crippen molar-refractivity contribution in [2.24, 2.45) is 0 Å². The summed E-state index contributed by atoms with van der Waals surface area (Å²) in [7, 11) is -8.09. The van der Waals surface area contributed by atoms with E-state index in [1.165, 1.54) is 26.0 Å². The number of nitrogens with zero attached hydrogens (tertiary/aromatic N) is 2. The smallest absolute Gasteiger partial charge is 0.218 e. The molecule has 5 aromatic rings. The molecule has 0 saturated carbocycles. The van der Waals surface area contributed by atoms with E-state index in [1.54, 1.807) is 24.3 Å². The van der Waals surface area contributed by atoms with Crippen molar-refractivity contribution in [3.8, 4) is 0 Å². The highest BCUT2D eigenvalue weighted by Gasteiger charge is 2.31. The molecule has 1 heterocycles. The average Bonchev–Trinajstić information content (AvgIpc) is 3.13. The first-order valence-electron chi connectivity index (χ1n) is 10.2. The number of aromatic nitrogens is 2. The van der Waals surface area contributed by atoms with Gasteiger partial charge in [-0.1, -0.05) is 60.7 Å². The minimum atomic E-state index is -4.10. The second-order valence-corrected chi connectivity index (χ2v) is 11.5. The highest BCUT2D eigenvalue weighted by molar-refractivity contribution is 7.92. The first kappa shape index (κ1) is 21.4. The predicted octanol–water partition coefficient (Wildman–Crippen LogP) is 4.88. The molecule has 0 N–H and O–H groups in total. The fourth-order valence-electron chi connectivity index (χ4n) is 4.11. The van der Waals surface area contributed by atoms with Gasteiger partial charge >= 0.3 is 0 Å². The molecule has 0 fully saturated rings. The topological polar surface area (TPSA) is 86.1 Å². The lowest BCUT2D eigenvalue weighted by Gasteiger charge is -2.09. The van der Waals surface area contributed by atoms with Crippen molar-refractivity contribution in [2.75, 3.05) is 0 Å². The average molecular weight is 477 g/mol. The quantitative estimate of drug-likeness (QED) is 0.369. The van der Waals surface area contributed by atoms with Gasteiger partial charge in [0, 0.05) is 0 Å². The van der Waals surface area contributed by atoms with Crippen LogP contribution in [-0.4, -0.2) is 26.0 Å². The normalized spacial score (nSPS) is 12.4. The van der Waals surface area contributed by atoms with Gasteiger partial charge in [-0.2, -0.15) is 17.6 Å².